The molecule has 0 aromatic heterocycles. The van der Waals surface area contributed by atoms with E-state index in [0.717, 1.165) is 49.3 Å². The molecule has 1 saturated heterocycles. The van der Waals surface area contributed by atoms with Crippen molar-refractivity contribution in [3.05, 3.63) is 108 Å². The van der Waals surface area contributed by atoms with Crippen LogP contribution in [0.3, 0.4) is 0 Å². The van der Waals surface area contributed by atoms with Gasteiger partial charge in [-0.15, -0.1) is 0 Å². The molecule has 3 aromatic rings. The zero-order chi connectivity index (χ0) is 21.5. The number of hydrogen-bond donors (Lipinski definition) is 0. The highest BCUT2D eigenvalue weighted by atomic mass is 16.2. The topological polar surface area (TPSA) is 23.6 Å². The first-order valence-corrected chi connectivity index (χ1v) is 11.1. The number of carbonyl (C=O) groups is 1. The lowest BCUT2D eigenvalue weighted by molar-refractivity contribution is -0.115. The Kier molecular flexibility index (Phi) is 6.96. The van der Waals surface area contributed by atoms with E-state index in [9.17, 15) is 4.79 Å². The fraction of sp³-hybridized carbons (Fsp3) is 0.250. The number of piperidine rings is 1. The Balaban J connectivity index is 1.50. The summed E-state index contributed by atoms with van der Waals surface area (Å²) in [6.07, 6.45) is 3.95. The van der Waals surface area contributed by atoms with E-state index >= 15 is 0 Å². The van der Waals surface area contributed by atoms with Gasteiger partial charge in [0.15, 0.2) is 0 Å². The molecule has 0 bridgehead atoms. The van der Waals surface area contributed by atoms with Gasteiger partial charge in [-0.2, -0.15) is 0 Å². The van der Waals surface area contributed by atoms with Gasteiger partial charge in [-0.3, -0.25) is 9.69 Å². The van der Waals surface area contributed by atoms with Crippen LogP contribution in [0.2, 0.25) is 0 Å². The van der Waals surface area contributed by atoms with E-state index in [1.807, 2.05) is 78.6 Å². The Morgan fingerprint density at radius 3 is 2.03 bits per heavy atom. The minimum Gasteiger partial charge on any atom is -0.306 e. The average molecular weight is 411 g/mol. The van der Waals surface area contributed by atoms with Gasteiger partial charge < -0.3 is 4.90 Å². The Morgan fingerprint density at radius 2 is 1.42 bits per heavy atom. The number of benzene rings is 3. The van der Waals surface area contributed by atoms with Crippen molar-refractivity contribution in [2.75, 3.05) is 18.0 Å². The van der Waals surface area contributed by atoms with Crippen LogP contribution >= 0.6 is 0 Å². The second kappa shape index (κ2) is 10.2. The molecular formula is C28H30N2O. The van der Waals surface area contributed by atoms with Crippen LogP contribution in [0, 0.1) is 0 Å². The Bertz CT molecular complexity index is 991. The van der Waals surface area contributed by atoms with E-state index in [0.29, 0.717) is 0 Å². The van der Waals surface area contributed by atoms with Crippen molar-refractivity contribution >= 4 is 17.7 Å². The normalized spacial score (nSPS) is 15.6. The SMILES string of the molecule is CC(=Cc1ccccc1)C(=O)N(c1ccccc1)C1CCN(Cc2ccccc2)CC1. The summed E-state index contributed by atoms with van der Waals surface area (Å²) in [6.45, 7) is 4.89. The first kappa shape index (κ1) is 21.1. The molecule has 1 heterocycles. The van der Waals surface area contributed by atoms with Gasteiger partial charge in [-0.25, -0.2) is 0 Å². The molecule has 1 amide bonds. The summed E-state index contributed by atoms with van der Waals surface area (Å²) >= 11 is 0. The lowest BCUT2D eigenvalue weighted by atomic mass is 10.00. The van der Waals surface area contributed by atoms with E-state index in [-0.39, 0.29) is 11.9 Å². The Labute approximate surface area is 185 Å². The molecule has 1 aliphatic rings. The van der Waals surface area contributed by atoms with Crippen LogP contribution in [0.1, 0.15) is 30.9 Å². The van der Waals surface area contributed by atoms with Crippen LogP contribution in [-0.2, 0) is 11.3 Å². The molecule has 1 fully saturated rings. The van der Waals surface area contributed by atoms with Gasteiger partial charge in [0.2, 0.25) is 0 Å². The fourth-order valence-corrected chi connectivity index (χ4v) is 4.31. The maximum Gasteiger partial charge on any atom is 0.254 e. The molecule has 0 radical (unpaired) electrons. The summed E-state index contributed by atoms with van der Waals surface area (Å²) in [6, 6.07) is 31.0. The van der Waals surface area contributed by atoms with Crippen LogP contribution in [0.4, 0.5) is 5.69 Å². The second-order valence-corrected chi connectivity index (χ2v) is 8.24. The zero-order valence-corrected chi connectivity index (χ0v) is 18.2. The number of amides is 1. The lowest BCUT2D eigenvalue weighted by Crippen LogP contribution is -2.47. The number of rotatable bonds is 6. The van der Waals surface area contributed by atoms with E-state index in [2.05, 4.69) is 35.2 Å². The molecule has 3 nitrogen and oxygen atoms in total. The van der Waals surface area contributed by atoms with Crippen molar-refractivity contribution in [2.24, 2.45) is 0 Å². The van der Waals surface area contributed by atoms with Crippen molar-refractivity contribution in [2.45, 2.75) is 32.4 Å². The van der Waals surface area contributed by atoms with Gasteiger partial charge >= 0.3 is 0 Å². The van der Waals surface area contributed by atoms with Gasteiger partial charge in [0.25, 0.3) is 5.91 Å². The van der Waals surface area contributed by atoms with Gasteiger partial charge in [0.05, 0.1) is 0 Å². The molecule has 0 unspecified atom stereocenters. The molecule has 0 atom stereocenters. The van der Waals surface area contributed by atoms with Gasteiger partial charge in [0.1, 0.15) is 0 Å². The largest absolute Gasteiger partial charge is 0.306 e. The van der Waals surface area contributed by atoms with Crippen LogP contribution in [-0.4, -0.2) is 29.9 Å². The summed E-state index contributed by atoms with van der Waals surface area (Å²) in [5.74, 6) is 0.0940. The van der Waals surface area contributed by atoms with Gasteiger partial charge in [0, 0.05) is 36.9 Å². The molecule has 0 aliphatic carbocycles. The summed E-state index contributed by atoms with van der Waals surface area (Å²) in [7, 11) is 0. The van der Waals surface area contributed by atoms with Gasteiger partial charge in [-0.1, -0.05) is 78.9 Å². The van der Waals surface area contributed by atoms with Crippen LogP contribution in [0.25, 0.3) is 6.08 Å². The number of hydrogen-bond acceptors (Lipinski definition) is 2. The Morgan fingerprint density at radius 1 is 0.871 bits per heavy atom. The molecule has 3 aromatic carbocycles. The maximum absolute atomic E-state index is 13.6. The highest BCUT2D eigenvalue weighted by Gasteiger charge is 2.29. The van der Waals surface area contributed by atoms with E-state index in [4.69, 9.17) is 0 Å². The Hall–Kier alpha value is -3.17. The average Bonchev–Trinajstić information content (AvgIpc) is 2.82. The van der Waals surface area contributed by atoms with E-state index in [1.54, 1.807) is 0 Å². The summed E-state index contributed by atoms with van der Waals surface area (Å²) in [5, 5.41) is 0. The minimum absolute atomic E-state index is 0.0940. The molecule has 0 N–H and O–H groups in total. The monoisotopic (exact) mass is 410 g/mol. The maximum atomic E-state index is 13.6. The third kappa shape index (κ3) is 5.50. The molecule has 3 heteroatoms. The predicted molar refractivity (Wildman–Crippen MR) is 129 cm³/mol. The third-order valence-electron chi connectivity index (χ3n) is 5.94. The lowest BCUT2D eigenvalue weighted by Gasteiger charge is -2.39. The highest BCUT2D eigenvalue weighted by Crippen LogP contribution is 2.26. The van der Waals surface area contributed by atoms with Crippen molar-refractivity contribution < 1.29 is 4.79 Å². The number of para-hydroxylation sites is 1. The van der Waals surface area contributed by atoms with Crippen LogP contribution < -0.4 is 4.90 Å². The van der Waals surface area contributed by atoms with Crippen LogP contribution in [0.5, 0.6) is 0 Å². The van der Waals surface area contributed by atoms with E-state index < -0.39 is 0 Å². The van der Waals surface area contributed by atoms with Crippen molar-refractivity contribution in [1.29, 1.82) is 0 Å². The standard InChI is InChI=1S/C28H30N2O/c1-23(21-24-11-5-2-6-12-24)28(31)30(26-15-9-4-10-16-26)27-17-19-29(20-18-27)22-25-13-7-3-8-14-25/h2-16,21,27H,17-20,22H2,1H3. The smallest absolute Gasteiger partial charge is 0.254 e. The zero-order valence-electron chi connectivity index (χ0n) is 18.2. The predicted octanol–water partition coefficient (Wildman–Crippen LogP) is 5.79. The molecule has 0 spiro atoms. The number of likely N-dealkylation sites (tertiary alicyclic amines) is 1. The molecule has 31 heavy (non-hydrogen) atoms. The first-order valence-electron chi connectivity index (χ1n) is 11.1. The minimum atomic E-state index is 0.0940. The third-order valence-corrected chi connectivity index (χ3v) is 5.94. The summed E-state index contributed by atoms with van der Waals surface area (Å²) in [4.78, 5) is 18.1. The number of anilines is 1. The molecular weight excluding hydrogens is 380 g/mol. The van der Waals surface area contributed by atoms with Crippen molar-refractivity contribution in [1.82, 2.24) is 4.90 Å². The van der Waals surface area contributed by atoms with Gasteiger partial charge in [-0.05, 0) is 49.1 Å². The van der Waals surface area contributed by atoms with Crippen LogP contribution in [0.15, 0.2) is 96.6 Å². The molecule has 1 aliphatic heterocycles. The number of carbonyl (C=O) groups excluding carboxylic acids is 1. The number of nitrogens with zero attached hydrogens (tertiary/aromatic N) is 2. The molecule has 158 valence electrons. The first-order chi connectivity index (χ1) is 15.2. The second-order valence-electron chi connectivity index (χ2n) is 8.24. The fourth-order valence-electron chi connectivity index (χ4n) is 4.31. The van der Waals surface area contributed by atoms with Crippen molar-refractivity contribution in [3.8, 4) is 0 Å². The highest BCUT2D eigenvalue weighted by molar-refractivity contribution is 6.08. The molecule has 4 rings (SSSR count). The molecule has 0 saturated carbocycles. The van der Waals surface area contributed by atoms with E-state index in [1.165, 1.54) is 5.56 Å². The summed E-state index contributed by atoms with van der Waals surface area (Å²) in [5.41, 5.74) is 4.15. The summed E-state index contributed by atoms with van der Waals surface area (Å²) < 4.78 is 0. The quantitative estimate of drug-likeness (QED) is 0.480. The van der Waals surface area contributed by atoms with Crippen molar-refractivity contribution in [3.63, 3.8) is 0 Å².